The maximum absolute atomic E-state index is 5.65. The fourth-order valence-corrected chi connectivity index (χ4v) is 4.29. The minimum absolute atomic E-state index is 0. The molecule has 1 nitrogen and oxygen atoms in total. The number of hydrogen-bond donors (Lipinski definition) is 1. The molecule has 0 aromatic heterocycles. The van der Waals surface area contributed by atoms with Crippen LogP contribution >= 0.6 is 12.4 Å². The molecule has 0 aliphatic rings. The van der Waals surface area contributed by atoms with E-state index in [9.17, 15) is 0 Å². The molecule has 0 heterocycles. The van der Waals surface area contributed by atoms with Crippen molar-refractivity contribution in [3.05, 3.63) is 36.4 Å². The molecule has 1 aromatic carbocycles. The van der Waals surface area contributed by atoms with Gasteiger partial charge in [0, 0.05) is 0 Å². The van der Waals surface area contributed by atoms with E-state index < -0.39 is 8.07 Å². The molecule has 0 saturated heterocycles. The topological polar surface area (TPSA) is 26.0 Å². The molecule has 1 aromatic rings. The average molecular weight is 242 g/mol. The lowest BCUT2D eigenvalue weighted by molar-refractivity contribution is 1.10. The Morgan fingerprint density at radius 1 is 1.33 bits per heavy atom. The molecule has 0 saturated carbocycles. The van der Waals surface area contributed by atoms with Crippen molar-refractivity contribution in [2.75, 3.05) is 6.54 Å². The molecule has 0 unspecified atom stereocenters. The van der Waals surface area contributed by atoms with E-state index in [1.807, 2.05) is 6.08 Å². The second-order valence-corrected chi connectivity index (χ2v) is 9.02. The average Bonchev–Trinajstić information content (AvgIpc) is 2.18. The Hall–Kier alpha value is -0.573. The first-order valence-corrected chi connectivity index (χ1v) is 8.24. The van der Waals surface area contributed by atoms with Gasteiger partial charge < -0.3 is 5.73 Å². The lowest BCUT2D eigenvalue weighted by atomic mass is 10.2. The van der Waals surface area contributed by atoms with Crippen LogP contribution in [0, 0.1) is 0 Å². The zero-order chi connectivity index (χ0) is 10.6. The van der Waals surface area contributed by atoms with Gasteiger partial charge in [0.2, 0.25) is 0 Å². The molecule has 0 fully saturated rings. The van der Waals surface area contributed by atoms with Gasteiger partial charge in [-0.25, -0.2) is 0 Å². The summed E-state index contributed by atoms with van der Waals surface area (Å²) in [6.07, 6.45) is 1.95. The van der Waals surface area contributed by atoms with Gasteiger partial charge in [0.15, 0.2) is 0 Å². The van der Waals surface area contributed by atoms with E-state index in [2.05, 4.69) is 43.9 Å². The molecule has 3 heteroatoms. The summed E-state index contributed by atoms with van der Waals surface area (Å²) < 4.78 is 0. The van der Waals surface area contributed by atoms with E-state index in [-0.39, 0.29) is 12.4 Å². The fraction of sp³-hybridized carbons (Fsp3) is 0.333. The molecule has 0 aliphatic carbocycles. The highest BCUT2D eigenvalue weighted by atomic mass is 35.5. The van der Waals surface area contributed by atoms with Crippen molar-refractivity contribution in [2.24, 2.45) is 5.73 Å². The van der Waals surface area contributed by atoms with Gasteiger partial charge in [-0.05, 0) is 18.2 Å². The molecule has 0 bridgehead atoms. The smallest absolute Gasteiger partial charge is 0.0826 e. The number of hydrogen-bond acceptors (Lipinski definition) is 1. The van der Waals surface area contributed by atoms with Crippen LogP contribution in [0.3, 0.4) is 0 Å². The van der Waals surface area contributed by atoms with Gasteiger partial charge in [-0.1, -0.05) is 55.2 Å². The van der Waals surface area contributed by atoms with E-state index in [1.165, 1.54) is 10.8 Å². The van der Waals surface area contributed by atoms with Crippen LogP contribution < -0.4 is 10.9 Å². The molecular weight excluding hydrogens is 222 g/mol. The van der Waals surface area contributed by atoms with Crippen LogP contribution in [0.2, 0.25) is 19.1 Å². The van der Waals surface area contributed by atoms with Gasteiger partial charge in [0.1, 0.15) is 0 Å². The minimum atomic E-state index is -1.34. The predicted molar refractivity (Wildman–Crippen MR) is 74.8 cm³/mol. The highest BCUT2D eigenvalue weighted by molar-refractivity contribution is 6.90. The molecule has 0 amide bonds. The summed E-state index contributed by atoms with van der Waals surface area (Å²) in [5.74, 6) is 0. The van der Waals surface area contributed by atoms with Crippen LogP contribution in [0.1, 0.15) is 5.56 Å². The van der Waals surface area contributed by atoms with E-state index >= 15 is 0 Å². The number of benzene rings is 1. The van der Waals surface area contributed by atoms with Crippen LogP contribution in [0.5, 0.6) is 0 Å². The highest BCUT2D eigenvalue weighted by Crippen LogP contribution is 2.12. The molecule has 1 rings (SSSR count). The third-order valence-corrected chi connectivity index (χ3v) is 6.13. The number of rotatable bonds is 4. The molecule has 2 N–H and O–H groups in total. The summed E-state index contributed by atoms with van der Waals surface area (Å²) >= 11 is 0. The molecule has 84 valence electrons. The Morgan fingerprint density at radius 2 is 1.93 bits per heavy atom. The summed E-state index contributed by atoms with van der Waals surface area (Å²) in [5, 5.41) is 1.47. The first-order valence-electron chi connectivity index (χ1n) is 5.04. The van der Waals surface area contributed by atoms with Crippen LogP contribution in [0.25, 0.3) is 6.08 Å². The van der Waals surface area contributed by atoms with Gasteiger partial charge in [0.05, 0.1) is 8.07 Å². The van der Waals surface area contributed by atoms with E-state index in [4.69, 9.17) is 5.73 Å². The highest BCUT2D eigenvalue weighted by Gasteiger charge is 2.23. The third-order valence-electron chi connectivity index (χ3n) is 2.68. The Labute approximate surface area is 99.8 Å². The van der Waals surface area contributed by atoms with Gasteiger partial charge >= 0.3 is 0 Å². The summed E-state index contributed by atoms with van der Waals surface area (Å²) in [6, 6.07) is 9.66. The van der Waals surface area contributed by atoms with Crippen molar-refractivity contribution in [3.63, 3.8) is 0 Å². The molecule has 15 heavy (non-hydrogen) atoms. The molecule has 0 radical (unpaired) electrons. The Balaban J connectivity index is 0.00000196. The zero-order valence-corrected chi connectivity index (χ0v) is 11.3. The van der Waals surface area contributed by atoms with Crippen molar-refractivity contribution in [2.45, 2.75) is 19.1 Å². The second kappa shape index (κ2) is 6.11. The SMILES string of the molecule is C=Cc1ccccc1[Si](C)(C)CCN.Cl. The van der Waals surface area contributed by atoms with Crippen LogP contribution in [-0.2, 0) is 0 Å². The van der Waals surface area contributed by atoms with Crippen molar-refractivity contribution in [3.8, 4) is 0 Å². The summed E-state index contributed by atoms with van der Waals surface area (Å²) in [7, 11) is -1.34. The van der Waals surface area contributed by atoms with Crippen LogP contribution in [0.4, 0.5) is 0 Å². The standard InChI is InChI=1S/C12H19NSi.ClH/c1-4-11-7-5-6-8-12(11)14(2,3)10-9-13;/h4-8H,1,9-10,13H2,2-3H3;1H. The van der Waals surface area contributed by atoms with E-state index in [0.29, 0.717) is 0 Å². The van der Waals surface area contributed by atoms with Gasteiger partial charge in [-0.2, -0.15) is 0 Å². The first-order chi connectivity index (χ1) is 6.61. The van der Waals surface area contributed by atoms with E-state index in [1.54, 1.807) is 0 Å². The van der Waals surface area contributed by atoms with Crippen molar-refractivity contribution < 1.29 is 0 Å². The number of halogens is 1. The first kappa shape index (κ1) is 14.4. The monoisotopic (exact) mass is 241 g/mol. The maximum Gasteiger partial charge on any atom is 0.0826 e. The van der Waals surface area contributed by atoms with Crippen LogP contribution in [0.15, 0.2) is 30.8 Å². The summed E-state index contributed by atoms with van der Waals surface area (Å²) in [6.45, 7) is 9.37. The molecule has 0 atom stereocenters. The Morgan fingerprint density at radius 3 is 2.47 bits per heavy atom. The number of nitrogens with two attached hydrogens (primary N) is 1. The Bertz CT molecular complexity index is 323. The van der Waals surface area contributed by atoms with E-state index in [0.717, 1.165) is 12.6 Å². The Kier molecular flexibility index (Phi) is 5.87. The largest absolute Gasteiger partial charge is 0.331 e. The molecule has 0 spiro atoms. The quantitative estimate of drug-likeness (QED) is 0.806. The minimum Gasteiger partial charge on any atom is -0.331 e. The molecule has 0 aliphatic heterocycles. The molecular formula is C12H20ClNSi. The summed E-state index contributed by atoms with van der Waals surface area (Å²) in [4.78, 5) is 0. The maximum atomic E-state index is 5.65. The third kappa shape index (κ3) is 3.49. The van der Waals surface area contributed by atoms with Crippen molar-refractivity contribution in [1.82, 2.24) is 0 Å². The lowest BCUT2D eigenvalue weighted by Crippen LogP contribution is -2.44. The zero-order valence-electron chi connectivity index (χ0n) is 9.49. The van der Waals surface area contributed by atoms with Gasteiger partial charge in [-0.15, -0.1) is 12.4 Å². The van der Waals surface area contributed by atoms with Gasteiger partial charge in [0.25, 0.3) is 0 Å². The fourth-order valence-electron chi connectivity index (χ4n) is 1.79. The van der Waals surface area contributed by atoms with Gasteiger partial charge in [-0.3, -0.25) is 0 Å². The normalized spacial score (nSPS) is 10.6. The summed E-state index contributed by atoms with van der Waals surface area (Å²) in [5.41, 5.74) is 6.93. The van der Waals surface area contributed by atoms with Crippen molar-refractivity contribution in [1.29, 1.82) is 0 Å². The lowest BCUT2D eigenvalue weighted by Gasteiger charge is -2.24. The van der Waals surface area contributed by atoms with Crippen LogP contribution in [-0.4, -0.2) is 14.6 Å². The predicted octanol–water partition coefficient (Wildman–Crippen LogP) is 2.63. The van der Waals surface area contributed by atoms with Crippen molar-refractivity contribution >= 4 is 31.7 Å². The second-order valence-electron chi connectivity index (χ2n) is 4.21.